The Morgan fingerprint density at radius 2 is 0.962 bits per heavy atom. The number of anilines is 2. The highest BCUT2D eigenvalue weighted by molar-refractivity contribution is 6.09. The van der Waals surface area contributed by atoms with E-state index in [4.69, 9.17) is 0 Å². The molecule has 0 aromatic heterocycles. The van der Waals surface area contributed by atoms with Gasteiger partial charge in [0.05, 0.1) is 0 Å². The number of rotatable bonds is 4. The van der Waals surface area contributed by atoms with E-state index in [0.717, 1.165) is 63.5 Å². The number of ketones is 1. The maximum atomic E-state index is 12.8. The molecule has 0 radical (unpaired) electrons. The Bertz CT molecular complexity index is 666. The molecule has 5 nitrogen and oxygen atoms in total. The highest BCUT2D eigenvalue weighted by Gasteiger charge is 2.14. The van der Waals surface area contributed by atoms with Gasteiger partial charge in [0, 0.05) is 74.9 Å². The second-order valence-electron chi connectivity index (χ2n) is 6.90. The summed E-state index contributed by atoms with van der Waals surface area (Å²) in [6, 6.07) is 16.0. The van der Waals surface area contributed by atoms with Crippen LogP contribution in [0, 0.1) is 0 Å². The number of nitrogens with zero attached hydrogens (tertiary/aromatic N) is 2. The summed E-state index contributed by atoms with van der Waals surface area (Å²) in [7, 11) is 0. The molecule has 2 aliphatic heterocycles. The average Bonchev–Trinajstić information content (AvgIpc) is 2.75. The van der Waals surface area contributed by atoms with Crippen molar-refractivity contribution in [2.24, 2.45) is 0 Å². The second-order valence-corrected chi connectivity index (χ2v) is 6.90. The molecule has 0 unspecified atom stereocenters. The minimum Gasteiger partial charge on any atom is -0.369 e. The maximum absolute atomic E-state index is 12.8. The van der Waals surface area contributed by atoms with Crippen LogP contribution in [0.5, 0.6) is 0 Å². The molecule has 26 heavy (non-hydrogen) atoms. The number of piperazine rings is 2. The van der Waals surface area contributed by atoms with Crippen LogP contribution in [0.4, 0.5) is 11.4 Å². The number of carbonyl (C=O) groups excluding carboxylic acids is 1. The zero-order valence-electron chi connectivity index (χ0n) is 15.1. The van der Waals surface area contributed by atoms with Gasteiger partial charge in [0.1, 0.15) is 0 Å². The molecule has 0 spiro atoms. The van der Waals surface area contributed by atoms with Crippen LogP contribution in [0.2, 0.25) is 0 Å². The van der Waals surface area contributed by atoms with Crippen LogP contribution < -0.4 is 20.4 Å². The van der Waals surface area contributed by atoms with Gasteiger partial charge in [-0.3, -0.25) is 4.79 Å². The molecule has 2 fully saturated rings. The summed E-state index contributed by atoms with van der Waals surface area (Å²) < 4.78 is 0. The summed E-state index contributed by atoms with van der Waals surface area (Å²) in [6.07, 6.45) is 0. The van der Waals surface area contributed by atoms with Gasteiger partial charge < -0.3 is 20.4 Å². The lowest BCUT2D eigenvalue weighted by molar-refractivity contribution is 0.103. The molecule has 0 amide bonds. The fourth-order valence-corrected chi connectivity index (χ4v) is 3.66. The van der Waals surface area contributed by atoms with Gasteiger partial charge in [-0.2, -0.15) is 0 Å². The first-order valence-corrected chi connectivity index (χ1v) is 9.47. The molecule has 5 heteroatoms. The molecule has 4 rings (SSSR count). The molecule has 2 saturated heterocycles. The minimum atomic E-state index is 0.0868. The third kappa shape index (κ3) is 3.74. The fourth-order valence-electron chi connectivity index (χ4n) is 3.66. The van der Waals surface area contributed by atoms with Gasteiger partial charge >= 0.3 is 0 Å². The van der Waals surface area contributed by atoms with Gasteiger partial charge in [0.25, 0.3) is 0 Å². The summed E-state index contributed by atoms with van der Waals surface area (Å²) in [5.74, 6) is 0.0868. The Labute approximate surface area is 155 Å². The lowest BCUT2D eigenvalue weighted by atomic mass is 10.0. The zero-order chi connectivity index (χ0) is 17.8. The summed E-state index contributed by atoms with van der Waals surface area (Å²) in [5, 5.41) is 6.72. The number of hydrogen-bond donors (Lipinski definition) is 2. The van der Waals surface area contributed by atoms with Crippen LogP contribution >= 0.6 is 0 Å². The Balaban J connectivity index is 1.44. The Kier molecular flexibility index (Phi) is 5.18. The van der Waals surface area contributed by atoms with Gasteiger partial charge in [-0.05, 0) is 48.5 Å². The Morgan fingerprint density at radius 3 is 1.31 bits per heavy atom. The molecule has 0 saturated carbocycles. The molecular weight excluding hydrogens is 324 g/mol. The van der Waals surface area contributed by atoms with Gasteiger partial charge in [-0.25, -0.2) is 0 Å². The van der Waals surface area contributed by atoms with Crippen molar-refractivity contribution in [3.8, 4) is 0 Å². The molecule has 2 heterocycles. The van der Waals surface area contributed by atoms with Crippen LogP contribution in [0.3, 0.4) is 0 Å². The molecule has 2 aromatic rings. The van der Waals surface area contributed by atoms with Crippen LogP contribution in [-0.2, 0) is 0 Å². The fraction of sp³-hybridized carbons (Fsp3) is 0.381. The predicted octanol–water partition coefficient (Wildman–Crippen LogP) is 1.74. The number of benzene rings is 2. The molecule has 2 aromatic carbocycles. The minimum absolute atomic E-state index is 0.0868. The summed E-state index contributed by atoms with van der Waals surface area (Å²) >= 11 is 0. The third-order valence-electron chi connectivity index (χ3n) is 5.22. The molecule has 0 atom stereocenters. The van der Waals surface area contributed by atoms with E-state index in [1.807, 2.05) is 24.3 Å². The monoisotopic (exact) mass is 350 g/mol. The first-order valence-electron chi connectivity index (χ1n) is 9.47. The topological polar surface area (TPSA) is 47.6 Å². The van der Waals surface area contributed by atoms with E-state index in [0.29, 0.717) is 0 Å². The van der Waals surface area contributed by atoms with Crippen molar-refractivity contribution in [1.29, 1.82) is 0 Å². The average molecular weight is 350 g/mol. The van der Waals surface area contributed by atoms with Crippen LogP contribution in [0.1, 0.15) is 15.9 Å². The molecule has 136 valence electrons. The number of hydrogen-bond acceptors (Lipinski definition) is 5. The van der Waals surface area contributed by atoms with Gasteiger partial charge in [-0.1, -0.05) is 0 Å². The second kappa shape index (κ2) is 7.89. The largest absolute Gasteiger partial charge is 0.369 e. The van der Waals surface area contributed by atoms with E-state index >= 15 is 0 Å². The van der Waals surface area contributed by atoms with Crippen LogP contribution in [0.15, 0.2) is 48.5 Å². The van der Waals surface area contributed by atoms with Crippen molar-refractivity contribution in [1.82, 2.24) is 10.6 Å². The third-order valence-corrected chi connectivity index (χ3v) is 5.22. The number of carbonyl (C=O) groups is 1. The van der Waals surface area contributed by atoms with Crippen molar-refractivity contribution in [2.75, 3.05) is 62.2 Å². The van der Waals surface area contributed by atoms with E-state index in [1.165, 1.54) is 11.4 Å². The van der Waals surface area contributed by atoms with Crippen molar-refractivity contribution in [3.63, 3.8) is 0 Å². The van der Waals surface area contributed by atoms with E-state index in [2.05, 4.69) is 44.7 Å². The van der Waals surface area contributed by atoms with E-state index in [9.17, 15) is 4.79 Å². The van der Waals surface area contributed by atoms with Gasteiger partial charge in [0.2, 0.25) is 0 Å². The van der Waals surface area contributed by atoms with E-state index in [-0.39, 0.29) is 5.78 Å². The summed E-state index contributed by atoms with van der Waals surface area (Å²) in [5.41, 5.74) is 3.88. The van der Waals surface area contributed by atoms with Crippen molar-refractivity contribution < 1.29 is 4.79 Å². The summed E-state index contributed by atoms with van der Waals surface area (Å²) in [4.78, 5) is 17.5. The van der Waals surface area contributed by atoms with Crippen molar-refractivity contribution in [3.05, 3.63) is 59.7 Å². The SMILES string of the molecule is O=C(c1ccc(N2CCNCC2)cc1)c1ccc(N2CCNCC2)cc1. The number of nitrogens with one attached hydrogen (secondary N) is 2. The van der Waals surface area contributed by atoms with E-state index in [1.54, 1.807) is 0 Å². The zero-order valence-corrected chi connectivity index (χ0v) is 15.1. The standard InChI is InChI=1S/C21H26N4O/c26-21(17-1-5-19(6-2-17)24-13-9-22-10-14-24)18-3-7-20(8-4-18)25-15-11-23-12-16-25/h1-8,22-23H,9-16H2. The van der Waals surface area contributed by atoms with Crippen LogP contribution in [0.25, 0.3) is 0 Å². The first-order chi connectivity index (χ1) is 12.8. The smallest absolute Gasteiger partial charge is 0.193 e. The normalized spacial score (nSPS) is 18.0. The quantitative estimate of drug-likeness (QED) is 0.823. The highest BCUT2D eigenvalue weighted by Crippen LogP contribution is 2.20. The lowest BCUT2D eigenvalue weighted by Crippen LogP contribution is -2.43. The molecule has 0 bridgehead atoms. The predicted molar refractivity (Wildman–Crippen MR) is 106 cm³/mol. The van der Waals surface area contributed by atoms with Crippen molar-refractivity contribution >= 4 is 17.2 Å². The van der Waals surface area contributed by atoms with Crippen molar-refractivity contribution in [2.45, 2.75) is 0 Å². The van der Waals surface area contributed by atoms with Crippen LogP contribution in [-0.4, -0.2) is 58.1 Å². The maximum Gasteiger partial charge on any atom is 0.193 e. The van der Waals surface area contributed by atoms with Gasteiger partial charge in [0.15, 0.2) is 5.78 Å². The first kappa shape index (κ1) is 17.1. The lowest BCUT2D eigenvalue weighted by Gasteiger charge is -2.29. The highest BCUT2D eigenvalue weighted by atomic mass is 16.1. The summed E-state index contributed by atoms with van der Waals surface area (Å²) in [6.45, 7) is 8.11. The molecule has 2 N–H and O–H groups in total. The molecule has 0 aliphatic carbocycles. The molecule has 2 aliphatic rings. The molecular formula is C21H26N4O. The van der Waals surface area contributed by atoms with Gasteiger partial charge in [-0.15, -0.1) is 0 Å². The Morgan fingerprint density at radius 1 is 0.615 bits per heavy atom. The Hall–Kier alpha value is -2.37. The van der Waals surface area contributed by atoms with E-state index < -0.39 is 0 Å².